The van der Waals surface area contributed by atoms with Crippen LogP contribution in [0.25, 0.3) is 5.65 Å². The molecule has 0 unspecified atom stereocenters. The molecule has 1 amide bonds. The summed E-state index contributed by atoms with van der Waals surface area (Å²) in [6.07, 6.45) is 2.48. The van der Waals surface area contributed by atoms with Gasteiger partial charge < -0.3 is 5.32 Å². The number of hydrazone groups is 1. The average molecular weight is 523 g/mol. The molecule has 0 saturated carbocycles. The number of anilines is 1. The number of amides is 1. The summed E-state index contributed by atoms with van der Waals surface area (Å²) in [5, 5.41) is 8.37. The number of amidine groups is 1. The predicted octanol–water partition coefficient (Wildman–Crippen LogP) is 3.44. The highest BCUT2D eigenvalue weighted by molar-refractivity contribution is 7.90. The smallest absolute Gasteiger partial charge is 0.347 e. The van der Waals surface area contributed by atoms with Gasteiger partial charge in [0.15, 0.2) is 0 Å². The third kappa shape index (κ3) is 4.74. The highest BCUT2D eigenvalue weighted by Gasteiger charge is 2.51. The highest BCUT2D eigenvalue weighted by Crippen LogP contribution is 2.29. The van der Waals surface area contributed by atoms with Crippen molar-refractivity contribution in [1.82, 2.24) is 19.0 Å². The minimum absolute atomic E-state index is 0.0454. The second kappa shape index (κ2) is 9.45. The molecule has 3 heterocycles. The number of carbonyl (C=O) groups excluding carboxylic acids is 1. The summed E-state index contributed by atoms with van der Waals surface area (Å²) in [6, 6.07) is 10.7. The van der Waals surface area contributed by atoms with Crippen molar-refractivity contribution >= 4 is 33.1 Å². The normalized spacial score (nSPS) is 14.8. The third-order valence-electron chi connectivity index (χ3n) is 5.80. The van der Waals surface area contributed by atoms with Gasteiger partial charge in [-0.05, 0) is 49.6 Å². The van der Waals surface area contributed by atoms with Crippen LogP contribution < -0.4 is 10.3 Å². The standard InChI is InChI=1S/C23H25F3N6O3S/c1-4-19-21(30-14-15(2)5-10-20(30)28-19)22(33)27-13-17-6-8-18(9-7-17)31-11-12-32(16(3)29-31)36(34,35)23(24,25)26/h5-10,14H,4,11-13H2,1-3H3,(H,27,33). The number of sulfonamides is 1. The number of hydrogen-bond acceptors (Lipinski definition) is 6. The van der Waals surface area contributed by atoms with Crippen molar-refractivity contribution in [2.24, 2.45) is 5.10 Å². The first-order chi connectivity index (χ1) is 16.9. The minimum Gasteiger partial charge on any atom is -0.347 e. The van der Waals surface area contributed by atoms with Crippen LogP contribution in [0, 0.1) is 6.92 Å². The number of hydrogen-bond donors (Lipinski definition) is 1. The molecule has 1 aliphatic heterocycles. The van der Waals surface area contributed by atoms with Crippen molar-refractivity contribution in [3.63, 3.8) is 0 Å². The summed E-state index contributed by atoms with van der Waals surface area (Å²) in [7, 11) is -5.49. The Morgan fingerprint density at radius 2 is 1.78 bits per heavy atom. The zero-order valence-electron chi connectivity index (χ0n) is 19.9. The van der Waals surface area contributed by atoms with Crippen LogP contribution in [0.2, 0.25) is 0 Å². The number of nitrogens with one attached hydrogen (secondary N) is 1. The number of aromatic nitrogens is 2. The fourth-order valence-corrected chi connectivity index (χ4v) is 4.92. The number of benzene rings is 1. The Morgan fingerprint density at radius 1 is 1.08 bits per heavy atom. The number of rotatable bonds is 6. The van der Waals surface area contributed by atoms with Gasteiger partial charge in [0.25, 0.3) is 5.91 Å². The summed E-state index contributed by atoms with van der Waals surface area (Å²) in [6.45, 7) is 4.91. The Kier molecular flexibility index (Phi) is 6.69. The van der Waals surface area contributed by atoms with E-state index in [1.807, 2.05) is 32.2 Å². The van der Waals surface area contributed by atoms with Crippen LogP contribution in [-0.2, 0) is 23.0 Å². The lowest BCUT2D eigenvalue weighted by atomic mass is 10.2. The van der Waals surface area contributed by atoms with Crippen molar-refractivity contribution in [2.45, 2.75) is 39.2 Å². The molecule has 3 aromatic rings. The Labute approximate surface area is 206 Å². The lowest BCUT2D eigenvalue weighted by Gasteiger charge is -2.33. The van der Waals surface area contributed by atoms with E-state index in [-0.39, 0.29) is 35.7 Å². The molecule has 0 bridgehead atoms. The molecule has 0 fully saturated rings. The molecule has 0 atom stereocenters. The summed E-state index contributed by atoms with van der Waals surface area (Å²) in [5.74, 6) is -0.527. The third-order valence-corrected chi connectivity index (χ3v) is 7.41. The topological polar surface area (TPSA) is 99.4 Å². The molecule has 0 aliphatic carbocycles. The maximum atomic E-state index is 13.0. The second-order valence-electron chi connectivity index (χ2n) is 8.34. The van der Waals surface area contributed by atoms with E-state index < -0.39 is 15.5 Å². The summed E-state index contributed by atoms with van der Waals surface area (Å²) in [5.41, 5.74) is -1.11. The molecular weight excluding hydrogens is 497 g/mol. The number of halogens is 3. The second-order valence-corrected chi connectivity index (χ2v) is 10.2. The van der Waals surface area contributed by atoms with Crippen molar-refractivity contribution in [3.8, 4) is 0 Å². The maximum absolute atomic E-state index is 13.0. The van der Waals surface area contributed by atoms with E-state index in [1.54, 1.807) is 28.7 Å². The van der Waals surface area contributed by atoms with Gasteiger partial charge in [-0.3, -0.25) is 14.2 Å². The van der Waals surface area contributed by atoms with Crippen molar-refractivity contribution in [1.29, 1.82) is 0 Å². The van der Waals surface area contributed by atoms with Gasteiger partial charge in [-0.15, -0.1) is 0 Å². The van der Waals surface area contributed by atoms with Crippen molar-refractivity contribution < 1.29 is 26.4 Å². The number of alkyl halides is 3. The number of imidazole rings is 1. The molecule has 4 rings (SSSR count). The lowest BCUT2D eigenvalue weighted by molar-refractivity contribution is -0.0473. The van der Waals surface area contributed by atoms with Crippen LogP contribution in [-0.4, -0.2) is 52.4 Å². The first-order valence-electron chi connectivity index (χ1n) is 11.2. The van der Waals surface area contributed by atoms with Crippen LogP contribution in [0.1, 0.15) is 41.2 Å². The van der Waals surface area contributed by atoms with E-state index in [0.717, 1.165) is 11.1 Å². The van der Waals surface area contributed by atoms with Gasteiger partial charge in [0.05, 0.1) is 24.5 Å². The molecule has 13 heteroatoms. The Morgan fingerprint density at radius 3 is 2.39 bits per heavy atom. The van der Waals surface area contributed by atoms with Gasteiger partial charge in [-0.1, -0.05) is 25.1 Å². The zero-order valence-corrected chi connectivity index (χ0v) is 20.7. The van der Waals surface area contributed by atoms with Crippen LogP contribution >= 0.6 is 0 Å². The number of nitrogens with zero attached hydrogens (tertiary/aromatic N) is 5. The largest absolute Gasteiger partial charge is 0.516 e. The van der Waals surface area contributed by atoms with Crippen LogP contribution in [0.15, 0.2) is 47.7 Å². The monoisotopic (exact) mass is 522 g/mol. The molecule has 0 spiro atoms. The molecule has 2 aromatic heterocycles. The molecule has 36 heavy (non-hydrogen) atoms. The molecule has 1 N–H and O–H groups in total. The predicted molar refractivity (Wildman–Crippen MR) is 129 cm³/mol. The van der Waals surface area contributed by atoms with Crippen LogP contribution in [0.5, 0.6) is 0 Å². The molecule has 192 valence electrons. The maximum Gasteiger partial charge on any atom is 0.516 e. The van der Waals surface area contributed by atoms with Crippen molar-refractivity contribution in [2.75, 3.05) is 18.1 Å². The highest BCUT2D eigenvalue weighted by atomic mass is 32.2. The Hall–Kier alpha value is -3.61. The van der Waals surface area contributed by atoms with E-state index in [0.29, 0.717) is 29.1 Å². The molecule has 0 radical (unpaired) electrons. The zero-order chi connectivity index (χ0) is 26.3. The fourth-order valence-electron chi connectivity index (χ4n) is 3.97. The first-order valence-corrected chi connectivity index (χ1v) is 12.6. The summed E-state index contributed by atoms with van der Waals surface area (Å²) in [4.78, 5) is 17.5. The quantitative estimate of drug-likeness (QED) is 0.535. The van der Waals surface area contributed by atoms with Crippen LogP contribution in [0.4, 0.5) is 18.9 Å². The number of fused-ring (bicyclic) bond motifs is 1. The number of pyridine rings is 1. The summed E-state index contributed by atoms with van der Waals surface area (Å²) < 4.78 is 64.1. The van der Waals surface area contributed by atoms with E-state index in [4.69, 9.17) is 0 Å². The molecule has 1 aliphatic rings. The van der Waals surface area contributed by atoms with Gasteiger partial charge in [0, 0.05) is 12.7 Å². The van der Waals surface area contributed by atoms with Gasteiger partial charge in [0.1, 0.15) is 17.2 Å². The van der Waals surface area contributed by atoms with Crippen molar-refractivity contribution in [3.05, 3.63) is 65.1 Å². The Balaban J connectivity index is 1.45. The average Bonchev–Trinajstić information content (AvgIpc) is 3.19. The van der Waals surface area contributed by atoms with Gasteiger partial charge in [0.2, 0.25) is 0 Å². The van der Waals surface area contributed by atoms with E-state index >= 15 is 0 Å². The number of carbonyl (C=O) groups is 1. The molecule has 9 nitrogen and oxygen atoms in total. The van der Waals surface area contributed by atoms with E-state index in [9.17, 15) is 26.4 Å². The molecule has 0 saturated heterocycles. The van der Waals surface area contributed by atoms with Gasteiger partial charge >= 0.3 is 15.5 Å². The Bertz CT molecular complexity index is 1430. The van der Waals surface area contributed by atoms with E-state index in [1.165, 1.54) is 11.9 Å². The SMILES string of the molecule is CCc1nc2ccc(C)cn2c1C(=O)NCc1ccc(N2CCN(S(=O)(=O)C(F)(F)F)C(C)=N2)cc1. The molecule has 1 aromatic carbocycles. The minimum atomic E-state index is -5.49. The van der Waals surface area contributed by atoms with Crippen LogP contribution in [0.3, 0.4) is 0 Å². The number of aryl methyl sites for hydroxylation is 2. The summed E-state index contributed by atoms with van der Waals surface area (Å²) >= 11 is 0. The van der Waals surface area contributed by atoms with Gasteiger partial charge in [-0.25, -0.2) is 9.29 Å². The fraction of sp³-hybridized carbons (Fsp3) is 0.348. The van der Waals surface area contributed by atoms with Gasteiger partial charge in [-0.2, -0.15) is 26.7 Å². The molecular formula is C23H25F3N6O3S. The first kappa shape index (κ1) is 25.5. The lowest BCUT2D eigenvalue weighted by Crippen LogP contribution is -2.50. The van der Waals surface area contributed by atoms with E-state index in [2.05, 4.69) is 15.4 Å².